The van der Waals surface area contributed by atoms with Crippen LogP contribution in [0.4, 0.5) is 0 Å². The molecular weight excluding hydrogens is 871 g/mol. The molecule has 6 nitrogen and oxygen atoms in total. The summed E-state index contributed by atoms with van der Waals surface area (Å²) in [4.78, 5) is 19.0. The molecule has 0 saturated carbocycles. The van der Waals surface area contributed by atoms with E-state index in [1.165, 1.54) is 27.6 Å². The molecule has 5 aromatic heterocycles. The van der Waals surface area contributed by atoms with Gasteiger partial charge in [-0.2, -0.15) is 0 Å². The molecule has 5 heterocycles. The maximum Gasteiger partial charge on any atom is 0.216 e. The maximum atomic E-state index is 6.22. The van der Waals surface area contributed by atoms with E-state index >= 15 is 0 Å². The fraction of sp³-hybridized carbons (Fsp3) is 0.277. The molecule has 0 aliphatic rings. The Labute approximate surface area is 339 Å². The molecule has 0 saturated heterocycles. The summed E-state index contributed by atoms with van der Waals surface area (Å²) < 4.78 is 8.50. The number of para-hydroxylation sites is 1. The van der Waals surface area contributed by atoms with Crippen molar-refractivity contribution in [2.75, 3.05) is 0 Å². The molecule has 0 amide bonds. The second-order valence-corrected chi connectivity index (χ2v) is 21.2. The van der Waals surface area contributed by atoms with Gasteiger partial charge in [-0.3, -0.25) is 9.97 Å². The van der Waals surface area contributed by atoms with Crippen molar-refractivity contribution in [1.82, 2.24) is 24.5 Å². The number of hydrogen-bond acceptors (Lipinski definition) is 5. The van der Waals surface area contributed by atoms with Crippen LogP contribution in [0.2, 0.25) is 19.6 Å². The minimum absolute atomic E-state index is 0. The molecule has 8 rings (SSSR count). The molecule has 8 aromatic rings. The summed E-state index contributed by atoms with van der Waals surface area (Å²) in [7, 11) is -1.24. The van der Waals surface area contributed by atoms with Crippen LogP contribution >= 0.6 is 0 Å². The molecule has 0 bridgehead atoms. The van der Waals surface area contributed by atoms with Crippen molar-refractivity contribution >= 4 is 46.4 Å². The van der Waals surface area contributed by atoms with E-state index in [-0.39, 0.29) is 20.1 Å². The Morgan fingerprint density at radius 1 is 0.745 bits per heavy atom. The zero-order chi connectivity index (χ0) is 38.5. The predicted molar refractivity (Wildman–Crippen MR) is 227 cm³/mol. The second kappa shape index (κ2) is 15.8. The first kappa shape index (κ1) is 39.9. The van der Waals surface area contributed by atoms with E-state index in [4.69, 9.17) is 9.40 Å². The molecule has 283 valence electrons. The SMILES string of the molecule is Cc1c[c-]c(-c2ccc([Si](C)(C)C)cn2)cc1.Cc1cc2nc(-c3[c-]c4oc5nc(C)cc(C)c5c4cc3)n(-c3c(C(C)C)cccc3C(C)C)c2cn1.[Ir]. The van der Waals surface area contributed by atoms with Crippen LogP contribution in [-0.4, -0.2) is 32.6 Å². The number of rotatable bonds is 6. The first-order valence-corrected chi connectivity index (χ1v) is 22.4. The quantitative estimate of drug-likeness (QED) is 0.123. The summed E-state index contributed by atoms with van der Waals surface area (Å²) >= 11 is 0. The van der Waals surface area contributed by atoms with Crippen molar-refractivity contribution in [3.05, 3.63) is 131 Å². The van der Waals surface area contributed by atoms with E-state index < -0.39 is 8.07 Å². The van der Waals surface area contributed by atoms with Gasteiger partial charge in [-0.05, 0) is 72.3 Å². The van der Waals surface area contributed by atoms with Crippen molar-refractivity contribution < 1.29 is 24.5 Å². The third-order valence-electron chi connectivity index (χ3n) is 10.0. The zero-order valence-corrected chi connectivity index (χ0v) is 37.1. The smallest absolute Gasteiger partial charge is 0.216 e. The number of furan rings is 1. The number of pyridine rings is 3. The third kappa shape index (κ3) is 8.00. The van der Waals surface area contributed by atoms with Gasteiger partial charge in [0, 0.05) is 48.8 Å². The van der Waals surface area contributed by atoms with Gasteiger partial charge >= 0.3 is 0 Å². The van der Waals surface area contributed by atoms with Crippen LogP contribution in [0.1, 0.15) is 73.2 Å². The molecule has 0 N–H and O–H groups in total. The molecule has 0 aliphatic carbocycles. The van der Waals surface area contributed by atoms with E-state index in [9.17, 15) is 0 Å². The van der Waals surface area contributed by atoms with Crippen LogP contribution < -0.4 is 5.19 Å². The van der Waals surface area contributed by atoms with Crippen LogP contribution in [-0.2, 0) is 20.1 Å². The Bertz CT molecular complexity index is 2610. The number of nitrogens with zero attached hydrogens (tertiary/aromatic N) is 5. The van der Waals surface area contributed by atoms with Crippen molar-refractivity contribution in [3.63, 3.8) is 0 Å². The first-order chi connectivity index (χ1) is 25.7. The van der Waals surface area contributed by atoms with Crippen LogP contribution in [0.25, 0.3) is 61.4 Å². The molecule has 8 heteroatoms. The Hall–Kier alpha value is -4.75. The number of aryl methyl sites for hydroxylation is 4. The Morgan fingerprint density at radius 3 is 2.07 bits per heavy atom. The minimum Gasteiger partial charge on any atom is -0.459 e. The number of hydrogen-bond donors (Lipinski definition) is 0. The molecule has 55 heavy (non-hydrogen) atoms. The summed E-state index contributed by atoms with van der Waals surface area (Å²) in [6, 6.07) is 32.3. The molecule has 0 unspecified atom stereocenters. The molecule has 0 spiro atoms. The first-order valence-electron chi connectivity index (χ1n) is 18.9. The Morgan fingerprint density at radius 2 is 1.45 bits per heavy atom. The van der Waals surface area contributed by atoms with Crippen molar-refractivity contribution in [3.8, 4) is 28.3 Å². The van der Waals surface area contributed by atoms with Crippen molar-refractivity contribution in [2.45, 2.75) is 86.9 Å². The molecular formula is C47H49IrN5OSi-2. The summed E-state index contributed by atoms with van der Waals surface area (Å²) in [5.41, 5.74) is 14.2. The maximum absolute atomic E-state index is 6.22. The summed E-state index contributed by atoms with van der Waals surface area (Å²) in [6.45, 7) is 24.2. The van der Waals surface area contributed by atoms with Gasteiger partial charge in [-0.1, -0.05) is 96.0 Å². The van der Waals surface area contributed by atoms with Crippen LogP contribution in [0, 0.1) is 39.8 Å². The monoisotopic (exact) mass is 920 g/mol. The van der Waals surface area contributed by atoms with E-state index in [2.05, 4.69) is 160 Å². The van der Waals surface area contributed by atoms with Gasteiger partial charge in [0.2, 0.25) is 5.71 Å². The number of benzene rings is 3. The molecule has 0 atom stereocenters. The normalized spacial score (nSPS) is 11.7. The summed E-state index contributed by atoms with van der Waals surface area (Å²) in [5.74, 6) is 1.52. The summed E-state index contributed by atoms with van der Waals surface area (Å²) in [5, 5.41) is 3.46. The molecule has 3 aromatic carbocycles. The average molecular weight is 920 g/mol. The molecule has 0 aliphatic heterocycles. The van der Waals surface area contributed by atoms with Gasteiger partial charge in [0.25, 0.3) is 0 Å². The fourth-order valence-electron chi connectivity index (χ4n) is 7.10. The summed E-state index contributed by atoms with van der Waals surface area (Å²) in [6.07, 6.45) is 3.97. The number of aromatic nitrogens is 5. The van der Waals surface area contributed by atoms with Crippen molar-refractivity contribution in [2.24, 2.45) is 0 Å². The van der Waals surface area contributed by atoms with Gasteiger partial charge < -0.3 is 14.0 Å². The van der Waals surface area contributed by atoms with E-state index in [1.54, 1.807) is 0 Å². The zero-order valence-electron chi connectivity index (χ0n) is 33.7. The van der Waals surface area contributed by atoms with Crippen LogP contribution in [0.5, 0.6) is 0 Å². The molecule has 0 fully saturated rings. The van der Waals surface area contributed by atoms with E-state index in [0.29, 0.717) is 23.1 Å². The predicted octanol–water partition coefficient (Wildman–Crippen LogP) is 11.8. The van der Waals surface area contributed by atoms with Gasteiger partial charge in [0.1, 0.15) is 0 Å². The fourth-order valence-corrected chi connectivity index (χ4v) is 8.13. The number of fused-ring (bicyclic) bond motifs is 4. The van der Waals surface area contributed by atoms with E-state index in [0.717, 1.165) is 61.4 Å². The van der Waals surface area contributed by atoms with Gasteiger partial charge in [-0.15, -0.1) is 53.1 Å². The van der Waals surface area contributed by atoms with Gasteiger partial charge in [0.15, 0.2) is 0 Å². The standard InChI is InChI=1S/C32H31N4O.C15H18NSi.Ir/c1-17(2)23-9-8-10-24(18(3)4)30(23)36-27-16-33-20(6)14-26(27)35-31(36)22-11-12-25-28(15-22)37-32-29(25)19(5)13-21(7)34-32;1-12-5-7-13(8-6-12)15-10-9-14(11-16-15)17(2,3)4;/h8-14,16-18H,1-7H3;5-7,9-11H,1-4H3;/q2*-1;. The van der Waals surface area contributed by atoms with Crippen molar-refractivity contribution in [1.29, 1.82) is 0 Å². The Kier molecular flexibility index (Phi) is 11.5. The van der Waals surface area contributed by atoms with Gasteiger partial charge in [-0.25, -0.2) is 4.98 Å². The largest absolute Gasteiger partial charge is 0.459 e. The van der Waals surface area contributed by atoms with Crippen LogP contribution in [0.15, 0.2) is 89.6 Å². The second-order valence-electron chi connectivity index (χ2n) is 16.1. The third-order valence-corrected chi connectivity index (χ3v) is 12.1. The van der Waals surface area contributed by atoms with Crippen LogP contribution in [0.3, 0.4) is 0 Å². The Balaban J connectivity index is 0.000000241. The molecule has 1 radical (unpaired) electrons. The van der Waals surface area contributed by atoms with Gasteiger partial charge in [0.05, 0.1) is 36.7 Å². The topological polar surface area (TPSA) is 69.6 Å². The minimum atomic E-state index is -1.24. The number of imidazole rings is 1. The average Bonchev–Trinajstić information content (AvgIpc) is 3.69. The van der Waals surface area contributed by atoms with E-state index in [1.807, 2.05) is 32.3 Å².